The average Bonchev–Trinajstić information content (AvgIpc) is 2.18. The van der Waals surface area contributed by atoms with Crippen LogP contribution in [0, 0.1) is 5.92 Å². The number of hydrogen-bond acceptors (Lipinski definition) is 1. The molecule has 0 saturated carbocycles. The number of halogens is 3. The van der Waals surface area contributed by atoms with Crippen molar-refractivity contribution in [1.29, 1.82) is 0 Å². The molecule has 0 radical (unpaired) electrons. The fourth-order valence-electron chi connectivity index (χ4n) is 1.40. The Bertz CT molecular complexity index is 382. The lowest BCUT2D eigenvalue weighted by atomic mass is 10.0. The van der Waals surface area contributed by atoms with Crippen LogP contribution in [0.1, 0.15) is 19.4 Å². The van der Waals surface area contributed by atoms with Gasteiger partial charge in [-0.25, -0.2) is 0 Å². The van der Waals surface area contributed by atoms with Crippen LogP contribution in [0.3, 0.4) is 0 Å². The highest BCUT2D eigenvalue weighted by molar-refractivity contribution is 5.94. The molecule has 1 rings (SSSR count). The quantitative estimate of drug-likeness (QED) is 0.868. The van der Waals surface area contributed by atoms with Gasteiger partial charge in [0.25, 0.3) is 0 Å². The summed E-state index contributed by atoms with van der Waals surface area (Å²) in [5.41, 5.74) is 1.19. The highest BCUT2D eigenvalue weighted by Gasteiger charge is 2.38. The first-order chi connectivity index (χ1) is 7.79. The second kappa shape index (κ2) is 5.21. The average molecular weight is 245 g/mol. The van der Waals surface area contributed by atoms with Crippen molar-refractivity contribution in [3.05, 3.63) is 29.8 Å². The number of anilines is 1. The Morgan fingerprint density at radius 3 is 2.18 bits per heavy atom. The van der Waals surface area contributed by atoms with Crippen molar-refractivity contribution in [1.82, 2.24) is 0 Å². The minimum atomic E-state index is -4.85. The van der Waals surface area contributed by atoms with Crippen molar-refractivity contribution in [2.75, 3.05) is 5.32 Å². The Morgan fingerprint density at radius 1 is 1.24 bits per heavy atom. The van der Waals surface area contributed by atoms with E-state index in [4.69, 9.17) is 0 Å². The standard InChI is InChI=1S/C12H14F3NO/c1-8(2)7-9-3-5-10(6-4-9)16-11(17)12(13,14)15/h3-6,8H,7H2,1-2H3,(H,16,17). The highest BCUT2D eigenvalue weighted by atomic mass is 19.4. The van der Waals surface area contributed by atoms with E-state index in [1.54, 1.807) is 17.4 Å². The molecule has 5 heteroatoms. The molecule has 0 saturated heterocycles. The normalized spacial score (nSPS) is 11.6. The van der Waals surface area contributed by atoms with E-state index in [2.05, 4.69) is 13.8 Å². The Labute approximate surface area is 97.8 Å². The minimum absolute atomic E-state index is 0.153. The summed E-state index contributed by atoms with van der Waals surface area (Å²) in [7, 11) is 0. The summed E-state index contributed by atoms with van der Waals surface area (Å²) in [6, 6.07) is 6.38. The van der Waals surface area contributed by atoms with Crippen LogP contribution in [0.5, 0.6) is 0 Å². The van der Waals surface area contributed by atoms with Gasteiger partial charge in [0, 0.05) is 5.69 Å². The third-order valence-corrected chi connectivity index (χ3v) is 2.11. The van der Waals surface area contributed by atoms with E-state index in [0.717, 1.165) is 12.0 Å². The Kier molecular flexibility index (Phi) is 4.15. The van der Waals surface area contributed by atoms with Gasteiger partial charge in [0.2, 0.25) is 0 Å². The van der Waals surface area contributed by atoms with Crippen molar-refractivity contribution < 1.29 is 18.0 Å². The third kappa shape index (κ3) is 4.46. The van der Waals surface area contributed by atoms with Crippen molar-refractivity contribution in [3.63, 3.8) is 0 Å². The maximum Gasteiger partial charge on any atom is 0.471 e. The van der Waals surface area contributed by atoms with Gasteiger partial charge < -0.3 is 5.32 Å². The molecule has 0 spiro atoms. The van der Waals surface area contributed by atoms with Crippen LogP contribution in [0.4, 0.5) is 18.9 Å². The number of amides is 1. The monoisotopic (exact) mass is 245 g/mol. The van der Waals surface area contributed by atoms with Gasteiger partial charge in [-0.3, -0.25) is 4.79 Å². The fraction of sp³-hybridized carbons (Fsp3) is 0.417. The number of carbonyl (C=O) groups excluding carboxylic acids is 1. The number of hydrogen-bond donors (Lipinski definition) is 1. The summed E-state index contributed by atoms with van der Waals surface area (Å²) in [5, 5.41) is 1.80. The van der Waals surface area contributed by atoms with E-state index in [1.165, 1.54) is 12.1 Å². The van der Waals surface area contributed by atoms with Crippen LogP contribution in [0.2, 0.25) is 0 Å². The van der Waals surface area contributed by atoms with E-state index < -0.39 is 12.1 Å². The maximum atomic E-state index is 12.0. The fourth-order valence-corrected chi connectivity index (χ4v) is 1.40. The van der Waals surface area contributed by atoms with Gasteiger partial charge in [0.1, 0.15) is 0 Å². The Hall–Kier alpha value is -1.52. The molecular formula is C12H14F3NO. The summed E-state index contributed by atoms with van der Waals surface area (Å²) < 4.78 is 35.9. The lowest BCUT2D eigenvalue weighted by molar-refractivity contribution is -0.167. The molecule has 2 nitrogen and oxygen atoms in total. The third-order valence-electron chi connectivity index (χ3n) is 2.11. The molecule has 94 valence electrons. The molecule has 0 aliphatic heterocycles. The second-order valence-electron chi connectivity index (χ2n) is 4.25. The van der Waals surface area contributed by atoms with Gasteiger partial charge in [0.05, 0.1) is 0 Å². The van der Waals surface area contributed by atoms with Crippen LogP contribution in [0.25, 0.3) is 0 Å². The zero-order valence-corrected chi connectivity index (χ0v) is 9.64. The molecule has 1 aromatic rings. The minimum Gasteiger partial charge on any atom is -0.318 e. The maximum absolute atomic E-state index is 12.0. The van der Waals surface area contributed by atoms with Crippen LogP contribution >= 0.6 is 0 Å². The summed E-state index contributed by atoms with van der Waals surface area (Å²) >= 11 is 0. The number of nitrogens with one attached hydrogen (secondary N) is 1. The zero-order chi connectivity index (χ0) is 13.1. The lowest BCUT2D eigenvalue weighted by Gasteiger charge is -2.09. The zero-order valence-electron chi connectivity index (χ0n) is 9.64. The van der Waals surface area contributed by atoms with Gasteiger partial charge in [-0.05, 0) is 30.0 Å². The van der Waals surface area contributed by atoms with Gasteiger partial charge >= 0.3 is 12.1 Å². The number of alkyl halides is 3. The number of carbonyl (C=O) groups is 1. The van der Waals surface area contributed by atoms with Crippen molar-refractivity contribution in [3.8, 4) is 0 Å². The van der Waals surface area contributed by atoms with Crippen molar-refractivity contribution in [2.45, 2.75) is 26.4 Å². The molecule has 0 bridgehead atoms. The molecule has 0 aliphatic rings. The molecule has 0 fully saturated rings. The van der Waals surface area contributed by atoms with E-state index in [1.807, 2.05) is 0 Å². The molecule has 0 unspecified atom stereocenters. The molecule has 1 amide bonds. The molecule has 1 aromatic carbocycles. The molecule has 17 heavy (non-hydrogen) atoms. The van der Waals surface area contributed by atoms with E-state index in [0.29, 0.717) is 5.92 Å². The lowest BCUT2D eigenvalue weighted by Crippen LogP contribution is -2.29. The topological polar surface area (TPSA) is 29.1 Å². The summed E-state index contributed by atoms with van der Waals surface area (Å²) in [5.74, 6) is -1.47. The van der Waals surface area contributed by atoms with Crippen molar-refractivity contribution >= 4 is 11.6 Å². The number of benzene rings is 1. The van der Waals surface area contributed by atoms with E-state index in [-0.39, 0.29) is 5.69 Å². The first-order valence-corrected chi connectivity index (χ1v) is 5.26. The van der Waals surface area contributed by atoms with Crippen LogP contribution in [0.15, 0.2) is 24.3 Å². The van der Waals surface area contributed by atoms with Crippen LogP contribution < -0.4 is 5.32 Å². The Balaban J connectivity index is 2.66. The van der Waals surface area contributed by atoms with E-state index in [9.17, 15) is 18.0 Å². The predicted octanol–water partition coefficient (Wildman–Crippen LogP) is 3.39. The summed E-state index contributed by atoms with van der Waals surface area (Å²) in [6.45, 7) is 4.11. The van der Waals surface area contributed by atoms with Gasteiger partial charge in [-0.2, -0.15) is 13.2 Å². The summed E-state index contributed by atoms with van der Waals surface area (Å²) in [4.78, 5) is 10.7. The predicted molar refractivity (Wildman–Crippen MR) is 59.7 cm³/mol. The van der Waals surface area contributed by atoms with Gasteiger partial charge in [-0.15, -0.1) is 0 Å². The number of rotatable bonds is 3. The molecule has 0 aromatic heterocycles. The largest absolute Gasteiger partial charge is 0.471 e. The molecule has 0 heterocycles. The molecule has 1 N–H and O–H groups in total. The highest BCUT2D eigenvalue weighted by Crippen LogP contribution is 2.19. The summed E-state index contributed by atoms with van der Waals surface area (Å²) in [6.07, 6.45) is -4.00. The second-order valence-corrected chi connectivity index (χ2v) is 4.25. The Morgan fingerprint density at radius 2 is 1.76 bits per heavy atom. The van der Waals surface area contributed by atoms with Crippen LogP contribution in [-0.4, -0.2) is 12.1 Å². The molecule has 0 atom stereocenters. The van der Waals surface area contributed by atoms with Gasteiger partial charge in [-0.1, -0.05) is 26.0 Å². The SMILES string of the molecule is CC(C)Cc1ccc(NC(=O)C(F)(F)F)cc1. The first-order valence-electron chi connectivity index (χ1n) is 5.26. The smallest absolute Gasteiger partial charge is 0.318 e. The van der Waals surface area contributed by atoms with Crippen LogP contribution in [-0.2, 0) is 11.2 Å². The van der Waals surface area contributed by atoms with E-state index >= 15 is 0 Å². The van der Waals surface area contributed by atoms with Gasteiger partial charge in [0.15, 0.2) is 0 Å². The molecular weight excluding hydrogens is 231 g/mol. The van der Waals surface area contributed by atoms with Crippen molar-refractivity contribution in [2.24, 2.45) is 5.92 Å². The first kappa shape index (κ1) is 13.5. The molecule has 0 aliphatic carbocycles.